The third kappa shape index (κ3) is 1.85. The number of anilines is 1. The van der Waals surface area contributed by atoms with Crippen LogP contribution in [0.25, 0.3) is 11.4 Å². The summed E-state index contributed by atoms with van der Waals surface area (Å²) in [6.07, 6.45) is 1.75. The smallest absolute Gasteiger partial charge is 0.157 e. The van der Waals surface area contributed by atoms with E-state index < -0.39 is 0 Å². The summed E-state index contributed by atoms with van der Waals surface area (Å²) in [5, 5.41) is 10.9. The second-order valence-electron chi connectivity index (χ2n) is 3.03. The SMILES string of the molecule is CNc1ccnc(-c2c(Br)nnn2C)c1. The predicted octanol–water partition coefficient (Wildman–Crippen LogP) is 1.68. The topological polar surface area (TPSA) is 55.6 Å². The maximum Gasteiger partial charge on any atom is 0.157 e. The molecule has 0 fully saturated rings. The minimum Gasteiger partial charge on any atom is -0.388 e. The zero-order chi connectivity index (χ0) is 10.8. The number of halogens is 1. The van der Waals surface area contributed by atoms with Gasteiger partial charge in [-0.15, -0.1) is 5.10 Å². The summed E-state index contributed by atoms with van der Waals surface area (Å²) >= 11 is 3.35. The van der Waals surface area contributed by atoms with Crippen molar-refractivity contribution < 1.29 is 0 Å². The van der Waals surface area contributed by atoms with Crippen LogP contribution >= 0.6 is 15.9 Å². The van der Waals surface area contributed by atoms with E-state index in [1.807, 2.05) is 26.2 Å². The van der Waals surface area contributed by atoms with Gasteiger partial charge in [-0.25, -0.2) is 4.68 Å². The van der Waals surface area contributed by atoms with Crippen LogP contribution in [0.3, 0.4) is 0 Å². The fourth-order valence-corrected chi connectivity index (χ4v) is 1.85. The minimum atomic E-state index is 0.700. The Morgan fingerprint density at radius 1 is 1.47 bits per heavy atom. The van der Waals surface area contributed by atoms with Gasteiger partial charge in [0.2, 0.25) is 0 Å². The molecule has 15 heavy (non-hydrogen) atoms. The zero-order valence-corrected chi connectivity index (χ0v) is 9.98. The Labute approximate surface area is 95.7 Å². The van der Waals surface area contributed by atoms with Gasteiger partial charge in [-0.1, -0.05) is 5.21 Å². The molecule has 0 saturated heterocycles. The van der Waals surface area contributed by atoms with E-state index in [0.717, 1.165) is 17.1 Å². The number of nitrogens with zero attached hydrogens (tertiary/aromatic N) is 4. The molecule has 78 valence electrons. The summed E-state index contributed by atoms with van der Waals surface area (Å²) in [6.45, 7) is 0. The number of rotatable bonds is 2. The standard InChI is InChI=1S/C9H10BrN5/c1-11-6-3-4-12-7(5-6)8-9(10)13-14-15(8)2/h3-5H,1-2H3,(H,11,12). The summed E-state index contributed by atoms with van der Waals surface area (Å²) in [4.78, 5) is 4.28. The van der Waals surface area contributed by atoms with Crippen LogP contribution in [0, 0.1) is 0 Å². The highest BCUT2D eigenvalue weighted by Crippen LogP contribution is 2.25. The van der Waals surface area contributed by atoms with Crippen molar-refractivity contribution in [2.75, 3.05) is 12.4 Å². The first kappa shape index (κ1) is 10.1. The van der Waals surface area contributed by atoms with E-state index in [0.29, 0.717) is 4.60 Å². The van der Waals surface area contributed by atoms with Crippen LogP contribution in [0.2, 0.25) is 0 Å². The van der Waals surface area contributed by atoms with Crippen molar-refractivity contribution in [3.8, 4) is 11.4 Å². The molecule has 0 aliphatic heterocycles. The van der Waals surface area contributed by atoms with Gasteiger partial charge in [0.25, 0.3) is 0 Å². The molecule has 0 aliphatic rings. The second-order valence-corrected chi connectivity index (χ2v) is 3.78. The van der Waals surface area contributed by atoms with E-state index in [1.165, 1.54) is 0 Å². The highest BCUT2D eigenvalue weighted by atomic mass is 79.9. The van der Waals surface area contributed by atoms with Gasteiger partial charge >= 0.3 is 0 Å². The fourth-order valence-electron chi connectivity index (χ4n) is 1.32. The van der Waals surface area contributed by atoms with Gasteiger partial charge < -0.3 is 5.32 Å². The van der Waals surface area contributed by atoms with Crippen molar-refractivity contribution >= 4 is 21.6 Å². The van der Waals surface area contributed by atoms with E-state index >= 15 is 0 Å². The maximum absolute atomic E-state index is 4.28. The molecule has 2 aromatic heterocycles. The third-order valence-corrected chi connectivity index (χ3v) is 2.61. The predicted molar refractivity (Wildman–Crippen MR) is 61.5 cm³/mol. The Hall–Kier alpha value is -1.43. The van der Waals surface area contributed by atoms with Crippen molar-refractivity contribution in [1.82, 2.24) is 20.0 Å². The Kier molecular flexibility index (Phi) is 2.68. The van der Waals surface area contributed by atoms with E-state index in [-0.39, 0.29) is 0 Å². The van der Waals surface area contributed by atoms with Crippen molar-refractivity contribution in [3.05, 3.63) is 22.9 Å². The van der Waals surface area contributed by atoms with Gasteiger partial charge in [0.15, 0.2) is 4.60 Å². The van der Waals surface area contributed by atoms with E-state index in [4.69, 9.17) is 0 Å². The summed E-state index contributed by atoms with van der Waals surface area (Å²) in [5.74, 6) is 0. The molecular weight excluding hydrogens is 258 g/mol. The number of hydrogen-bond acceptors (Lipinski definition) is 4. The summed E-state index contributed by atoms with van der Waals surface area (Å²) in [7, 11) is 3.70. The molecule has 0 bridgehead atoms. The maximum atomic E-state index is 4.28. The molecule has 2 rings (SSSR count). The van der Waals surface area contributed by atoms with Crippen LogP contribution in [0.5, 0.6) is 0 Å². The lowest BCUT2D eigenvalue weighted by Gasteiger charge is -2.03. The molecule has 0 radical (unpaired) electrons. The van der Waals surface area contributed by atoms with Gasteiger partial charge in [-0.2, -0.15) is 0 Å². The minimum absolute atomic E-state index is 0.700. The highest BCUT2D eigenvalue weighted by Gasteiger charge is 2.11. The molecule has 0 aliphatic carbocycles. The van der Waals surface area contributed by atoms with Crippen molar-refractivity contribution in [3.63, 3.8) is 0 Å². The first-order valence-electron chi connectivity index (χ1n) is 4.41. The molecule has 2 heterocycles. The fraction of sp³-hybridized carbons (Fsp3) is 0.222. The summed E-state index contributed by atoms with van der Waals surface area (Å²) < 4.78 is 2.39. The average molecular weight is 268 g/mol. The molecule has 5 nitrogen and oxygen atoms in total. The van der Waals surface area contributed by atoms with E-state index in [1.54, 1.807) is 10.9 Å². The lowest BCUT2D eigenvalue weighted by atomic mass is 10.2. The van der Waals surface area contributed by atoms with Crippen molar-refractivity contribution in [1.29, 1.82) is 0 Å². The number of pyridine rings is 1. The Morgan fingerprint density at radius 2 is 2.27 bits per heavy atom. The van der Waals surface area contributed by atoms with E-state index in [9.17, 15) is 0 Å². The number of hydrogen-bond donors (Lipinski definition) is 1. The van der Waals surface area contributed by atoms with Crippen molar-refractivity contribution in [2.24, 2.45) is 7.05 Å². The first-order valence-corrected chi connectivity index (χ1v) is 5.21. The quantitative estimate of drug-likeness (QED) is 0.900. The van der Waals surface area contributed by atoms with Crippen LogP contribution in [-0.2, 0) is 7.05 Å². The van der Waals surface area contributed by atoms with Crippen LogP contribution in [-0.4, -0.2) is 27.0 Å². The van der Waals surface area contributed by atoms with Crippen LogP contribution in [0.1, 0.15) is 0 Å². The van der Waals surface area contributed by atoms with Crippen molar-refractivity contribution in [2.45, 2.75) is 0 Å². The molecule has 0 unspecified atom stereocenters. The molecule has 0 aromatic carbocycles. The van der Waals surface area contributed by atoms with Gasteiger partial charge in [-0.05, 0) is 28.1 Å². The first-order chi connectivity index (χ1) is 7.22. The molecule has 0 saturated carbocycles. The van der Waals surface area contributed by atoms with Gasteiger partial charge in [0, 0.05) is 26.0 Å². The summed E-state index contributed by atoms with van der Waals surface area (Å²) in [6, 6.07) is 3.85. The largest absolute Gasteiger partial charge is 0.388 e. The number of aromatic nitrogens is 4. The van der Waals surface area contributed by atoms with Crippen LogP contribution in [0.15, 0.2) is 22.9 Å². The van der Waals surface area contributed by atoms with Crippen LogP contribution in [0.4, 0.5) is 5.69 Å². The van der Waals surface area contributed by atoms with Gasteiger partial charge in [0.1, 0.15) is 5.69 Å². The molecule has 0 atom stereocenters. The van der Waals surface area contributed by atoms with Gasteiger partial charge in [0.05, 0.1) is 5.69 Å². The number of aryl methyl sites for hydroxylation is 1. The van der Waals surface area contributed by atoms with Gasteiger partial charge in [-0.3, -0.25) is 4.98 Å². The molecule has 0 amide bonds. The molecule has 1 N–H and O–H groups in total. The molecular formula is C9H10BrN5. The average Bonchev–Trinajstić information content (AvgIpc) is 2.59. The monoisotopic (exact) mass is 267 g/mol. The van der Waals surface area contributed by atoms with Crippen LogP contribution < -0.4 is 5.32 Å². The lowest BCUT2D eigenvalue weighted by molar-refractivity contribution is 0.718. The molecule has 0 spiro atoms. The second kappa shape index (κ2) is 3.98. The highest BCUT2D eigenvalue weighted by molar-refractivity contribution is 9.10. The summed E-state index contributed by atoms with van der Waals surface area (Å²) in [5.41, 5.74) is 2.71. The normalized spacial score (nSPS) is 10.3. The third-order valence-electron chi connectivity index (χ3n) is 2.08. The Morgan fingerprint density at radius 3 is 2.87 bits per heavy atom. The lowest BCUT2D eigenvalue weighted by Crippen LogP contribution is -1.97. The molecule has 6 heteroatoms. The van der Waals surface area contributed by atoms with E-state index in [2.05, 4.69) is 36.5 Å². The Balaban J connectivity index is 2.53. The Bertz CT molecular complexity index is 460. The molecule has 2 aromatic rings. The zero-order valence-electron chi connectivity index (χ0n) is 8.40. The number of nitrogens with one attached hydrogen (secondary N) is 1.